The lowest BCUT2D eigenvalue weighted by Crippen LogP contribution is -2.28. The van der Waals surface area contributed by atoms with Gasteiger partial charge in [-0.2, -0.15) is 0 Å². The van der Waals surface area contributed by atoms with E-state index in [4.69, 9.17) is 0 Å². The lowest BCUT2D eigenvalue weighted by atomic mass is 10.1. The smallest absolute Gasteiger partial charge is 0.243 e. The Labute approximate surface area is 109 Å². The fraction of sp³-hybridized carbons (Fsp3) is 0.583. The van der Waals surface area contributed by atoms with Crippen molar-refractivity contribution in [3.63, 3.8) is 0 Å². The first-order valence-electron chi connectivity index (χ1n) is 5.98. The van der Waals surface area contributed by atoms with E-state index in [1.54, 1.807) is 20.2 Å². The van der Waals surface area contributed by atoms with Crippen LogP contribution in [0.3, 0.4) is 0 Å². The minimum atomic E-state index is -3.41. The Bertz CT molecular complexity index is 486. The third-order valence-electron chi connectivity index (χ3n) is 2.72. The van der Waals surface area contributed by atoms with Crippen LogP contribution in [0, 0.1) is 5.92 Å². The molecule has 1 aromatic rings. The molecule has 0 aliphatic carbocycles. The molecule has 0 saturated carbocycles. The number of nitrogens with one attached hydrogen (secondary N) is 1. The quantitative estimate of drug-likeness (QED) is 0.857. The van der Waals surface area contributed by atoms with Gasteiger partial charge in [-0.1, -0.05) is 13.8 Å². The predicted molar refractivity (Wildman–Crippen MR) is 73.1 cm³/mol. The molecule has 0 spiro atoms. The Morgan fingerprint density at radius 1 is 1.44 bits per heavy atom. The molecule has 5 nitrogen and oxygen atoms in total. The molecule has 1 aromatic heterocycles. The zero-order chi connectivity index (χ0) is 13.8. The van der Waals surface area contributed by atoms with Crippen LogP contribution in [0.1, 0.15) is 20.3 Å². The summed E-state index contributed by atoms with van der Waals surface area (Å²) < 4.78 is 26.0. The van der Waals surface area contributed by atoms with Gasteiger partial charge in [0.1, 0.15) is 5.82 Å². The summed E-state index contributed by atoms with van der Waals surface area (Å²) in [6, 6.07) is 3.06. The number of pyridine rings is 1. The minimum Gasteiger partial charge on any atom is -0.373 e. The topological polar surface area (TPSA) is 62.3 Å². The van der Waals surface area contributed by atoms with E-state index >= 15 is 0 Å². The molecular weight excluding hydrogens is 250 g/mol. The van der Waals surface area contributed by atoms with Crippen molar-refractivity contribution in [2.24, 2.45) is 5.92 Å². The normalized spacial score (nSPS) is 12.1. The zero-order valence-corrected chi connectivity index (χ0v) is 12.2. The second-order valence-corrected chi connectivity index (χ2v) is 6.68. The first kappa shape index (κ1) is 14.9. The van der Waals surface area contributed by atoms with Crippen molar-refractivity contribution in [3.05, 3.63) is 18.3 Å². The van der Waals surface area contributed by atoms with Crippen molar-refractivity contribution in [1.29, 1.82) is 0 Å². The maximum atomic E-state index is 12.3. The maximum absolute atomic E-state index is 12.3. The largest absolute Gasteiger partial charge is 0.373 e. The Balaban J connectivity index is 2.91. The number of hydrogen-bond donors (Lipinski definition) is 1. The average molecular weight is 271 g/mol. The van der Waals surface area contributed by atoms with Crippen LogP contribution in [0.15, 0.2) is 23.2 Å². The first-order valence-corrected chi connectivity index (χ1v) is 7.42. The molecule has 18 heavy (non-hydrogen) atoms. The van der Waals surface area contributed by atoms with Gasteiger partial charge in [0.05, 0.1) is 4.90 Å². The second-order valence-electron chi connectivity index (χ2n) is 4.64. The summed E-state index contributed by atoms with van der Waals surface area (Å²) in [4.78, 5) is 4.28. The van der Waals surface area contributed by atoms with E-state index < -0.39 is 10.0 Å². The molecule has 1 N–H and O–H groups in total. The van der Waals surface area contributed by atoms with Gasteiger partial charge in [0.2, 0.25) is 10.0 Å². The fourth-order valence-electron chi connectivity index (χ4n) is 1.45. The summed E-state index contributed by atoms with van der Waals surface area (Å²) in [7, 11) is -0.0961. The van der Waals surface area contributed by atoms with Gasteiger partial charge in [0.25, 0.3) is 0 Å². The van der Waals surface area contributed by atoms with Crippen molar-refractivity contribution < 1.29 is 8.42 Å². The Morgan fingerprint density at radius 2 is 2.11 bits per heavy atom. The molecule has 0 fully saturated rings. The van der Waals surface area contributed by atoms with Crippen LogP contribution in [-0.4, -0.2) is 38.3 Å². The fourth-order valence-corrected chi connectivity index (χ4v) is 2.65. The van der Waals surface area contributed by atoms with E-state index in [1.165, 1.54) is 16.6 Å². The number of anilines is 1. The Hall–Kier alpha value is -1.14. The molecule has 6 heteroatoms. The van der Waals surface area contributed by atoms with Crippen LogP contribution >= 0.6 is 0 Å². The first-order chi connectivity index (χ1) is 8.37. The van der Waals surface area contributed by atoms with Gasteiger partial charge in [0, 0.05) is 32.9 Å². The van der Waals surface area contributed by atoms with E-state index in [-0.39, 0.29) is 4.90 Å². The standard InChI is InChI=1S/C12H21N3O2S/c1-10(2)6-8-15(4)18(16,17)11-5-7-14-12(9-11)13-3/h5,7,9-10H,6,8H2,1-4H3,(H,13,14). The second kappa shape index (κ2) is 6.15. The lowest BCUT2D eigenvalue weighted by molar-refractivity contribution is 0.428. The lowest BCUT2D eigenvalue weighted by Gasteiger charge is -2.18. The maximum Gasteiger partial charge on any atom is 0.243 e. The van der Waals surface area contributed by atoms with Crippen LogP contribution in [0.5, 0.6) is 0 Å². The molecule has 0 aliphatic rings. The Kier molecular flexibility index (Phi) is 5.10. The SMILES string of the molecule is CNc1cc(S(=O)(=O)N(C)CCC(C)C)ccn1. The number of aromatic nitrogens is 1. The molecule has 0 amide bonds. The number of nitrogens with zero attached hydrogens (tertiary/aromatic N) is 2. The van der Waals surface area contributed by atoms with Crippen molar-refractivity contribution in [3.8, 4) is 0 Å². The van der Waals surface area contributed by atoms with E-state index in [0.29, 0.717) is 18.3 Å². The highest BCUT2D eigenvalue weighted by molar-refractivity contribution is 7.89. The molecule has 0 saturated heterocycles. The highest BCUT2D eigenvalue weighted by atomic mass is 32.2. The van der Waals surface area contributed by atoms with Crippen molar-refractivity contribution in [2.45, 2.75) is 25.2 Å². The molecule has 0 unspecified atom stereocenters. The average Bonchev–Trinajstić information content (AvgIpc) is 2.35. The highest BCUT2D eigenvalue weighted by Gasteiger charge is 2.21. The van der Waals surface area contributed by atoms with E-state index in [9.17, 15) is 8.42 Å². The highest BCUT2D eigenvalue weighted by Crippen LogP contribution is 2.17. The monoisotopic (exact) mass is 271 g/mol. The number of rotatable bonds is 6. The molecule has 0 aliphatic heterocycles. The molecule has 102 valence electrons. The molecular formula is C12H21N3O2S. The molecule has 0 atom stereocenters. The third-order valence-corrected chi connectivity index (χ3v) is 4.57. The van der Waals surface area contributed by atoms with Crippen LogP contribution in [-0.2, 0) is 10.0 Å². The molecule has 0 bridgehead atoms. The van der Waals surface area contributed by atoms with Gasteiger partial charge in [-0.05, 0) is 18.4 Å². The number of hydrogen-bond acceptors (Lipinski definition) is 4. The molecule has 1 heterocycles. The van der Waals surface area contributed by atoms with Crippen LogP contribution in [0.25, 0.3) is 0 Å². The minimum absolute atomic E-state index is 0.271. The third kappa shape index (κ3) is 3.68. The van der Waals surface area contributed by atoms with Gasteiger partial charge in [-0.25, -0.2) is 17.7 Å². The summed E-state index contributed by atoms with van der Waals surface area (Å²) in [6.07, 6.45) is 2.34. The molecule has 0 radical (unpaired) electrons. The molecule has 0 aromatic carbocycles. The van der Waals surface area contributed by atoms with Gasteiger partial charge in [-0.3, -0.25) is 0 Å². The summed E-state index contributed by atoms with van der Waals surface area (Å²) in [6.45, 7) is 4.68. The summed E-state index contributed by atoms with van der Waals surface area (Å²) >= 11 is 0. The van der Waals surface area contributed by atoms with E-state index in [0.717, 1.165) is 6.42 Å². The van der Waals surface area contributed by atoms with Gasteiger partial charge < -0.3 is 5.32 Å². The van der Waals surface area contributed by atoms with Crippen molar-refractivity contribution >= 4 is 15.8 Å². The summed E-state index contributed by atoms with van der Waals surface area (Å²) in [5.41, 5.74) is 0. The van der Waals surface area contributed by atoms with E-state index in [1.807, 2.05) is 0 Å². The predicted octanol–water partition coefficient (Wildman–Crippen LogP) is 1.79. The van der Waals surface area contributed by atoms with Crippen molar-refractivity contribution in [1.82, 2.24) is 9.29 Å². The van der Waals surface area contributed by atoms with Crippen LogP contribution in [0.4, 0.5) is 5.82 Å². The Morgan fingerprint density at radius 3 is 2.67 bits per heavy atom. The summed E-state index contributed by atoms with van der Waals surface area (Å²) in [5.74, 6) is 1.03. The van der Waals surface area contributed by atoms with Crippen LogP contribution < -0.4 is 5.32 Å². The molecule has 1 rings (SSSR count). The van der Waals surface area contributed by atoms with Crippen LogP contribution in [0.2, 0.25) is 0 Å². The van der Waals surface area contributed by atoms with Crippen molar-refractivity contribution in [2.75, 3.05) is 26.0 Å². The van der Waals surface area contributed by atoms with Gasteiger partial charge >= 0.3 is 0 Å². The van der Waals surface area contributed by atoms with Gasteiger partial charge in [0.15, 0.2) is 0 Å². The van der Waals surface area contributed by atoms with Gasteiger partial charge in [-0.15, -0.1) is 0 Å². The summed E-state index contributed by atoms with van der Waals surface area (Å²) in [5, 5.41) is 2.83. The zero-order valence-electron chi connectivity index (χ0n) is 11.3. The number of sulfonamides is 1. The van der Waals surface area contributed by atoms with E-state index in [2.05, 4.69) is 24.1 Å².